The summed E-state index contributed by atoms with van der Waals surface area (Å²) in [6.07, 6.45) is 10.2. The molecule has 0 amide bonds. The first-order valence-corrected chi connectivity index (χ1v) is 3.36. The fourth-order valence-corrected chi connectivity index (χ4v) is 0.554. The molecule has 0 rings (SSSR count). The molecule has 8 heavy (non-hydrogen) atoms. The Morgan fingerprint density at radius 1 is 1.38 bits per heavy atom. The van der Waals surface area contributed by atoms with E-state index in [0.29, 0.717) is 0 Å². The Kier molecular flexibility index (Phi) is 6.52. The third-order valence-electron chi connectivity index (χ3n) is 1.05. The minimum Gasteiger partial charge on any atom is -0.0882 e. The van der Waals surface area contributed by atoms with Crippen LogP contribution in [0, 0.1) is 6.42 Å². The number of hydrogen-bond acceptors (Lipinski definition) is 0. The Hall–Kier alpha value is -0.260. The predicted octanol–water partition coefficient (Wildman–Crippen LogP) is 2.96. The van der Waals surface area contributed by atoms with Crippen LogP contribution in [0.15, 0.2) is 12.2 Å². The molecule has 0 fully saturated rings. The molecule has 47 valence electrons. The Morgan fingerprint density at radius 3 is 2.62 bits per heavy atom. The van der Waals surface area contributed by atoms with Crippen LogP contribution in [0.25, 0.3) is 0 Å². The van der Waals surface area contributed by atoms with Crippen molar-refractivity contribution in [2.24, 2.45) is 0 Å². The second-order valence-corrected chi connectivity index (χ2v) is 1.90. The maximum absolute atomic E-state index is 2.21. The van der Waals surface area contributed by atoms with Gasteiger partial charge in [0.1, 0.15) is 0 Å². The van der Waals surface area contributed by atoms with Gasteiger partial charge in [0.2, 0.25) is 0 Å². The first-order valence-electron chi connectivity index (χ1n) is 3.36. The topological polar surface area (TPSA) is 0 Å². The van der Waals surface area contributed by atoms with Crippen molar-refractivity contribution in [3.63, 3.8) is 0 Å². The zero-order valence-corrected chi connectivity index (χ0v) is 5.85. The van der Waals surface area contributed by atoms with Crippen LogP contribution in [0.3, 0.4) is 0 Å². The third-order valence-corrected chi connectivity index (χ3v) is 1.05. The van der Waals surface area contributed by atoms with Gasteiger partial charge in [0.15, 0.2) is 0 Å². The standard InChI is InChI=1S/C8H15/c1-3-5-7-8-6-4-2/h3,5,7H,4,6,8H2,1-2H3/b7-5+. The van der Waals surface area contributed by atoms with Gasteiger partial charge < -0.3 is 0 Å². The first kappa shape index (κ1) is 7.74. The van der Waals surface area contributed by atoms with Gasteiger partial charge in [-0.1, -0.05) is 38.8 Å². The summed E-state index contributed by atoms with van der Waals surface area (Å²) < 4.78 is 0. The van der Waals surface area contributed by atoms with Crippen molar-refractivity contribution in [2.45, 2.75) is 33.1 Å². The zero-order chi connectivity index (χ0) is 6.24. The predicted molar refractivity (Wildman–Crippen MR) is 38.6 cm³/mol. The van der Waals surface area contributed by atoms with E-state index in [9.17, 15) is 0 Å². The molecule has 0 atom stereocenters. The van der Waals surface area contributed by atoms with Gasteiger partial charge in [0, 0.05) is 0 Å². The molecule has 0 saturated carbocycles. The minimum absolute atomic E-state index is 1.24. The lowest BCUT2D eigenvalue weighted by atomic mass is 10.2. The monoisotopic (exact) mass is 111 g/mol. The van der Waals surface area contributed by atoms with E-state index in [2.05, 4.69) is 25.5 Å². The van der Waals surface area contributed by atoms with Crippen molar-refractivity contribution in [1.29, 1.82) is 0 Å². The Balaban J connectivity index is 2.80. The molecule has 0 aromatic heterocycles. The number of allylic oxidation sites excluding steroid dienone is 2. The van der Waals surface area contributed by atoms with E-state index in [0.717, 1.165) is 0 Å². The van der Waals surface area contributed by atoms with Gasteiger partial charge in [-0.25, -0.2) is 0 Å². The van der Waals surface area contributed by atoms with Crippen molar-refractivity contribution < 1.29 is 0 Å². The summed E-state index contributed by atoms with van der Waals surface area (Å²) in [4.78, 5) is 0. The number of rotatable bonds is 4. The van der Waals surface area contributed by atoms with E-state index in [4.69, 9.17) is 0 Å². The van der Waals surface area contributed by atoms with Crippen LogP contribution in [-0.2, 0) is 0 Å². The van der Waals surface area contributed by atoms with E-state index in [1.54, 1.807) is 0 Å². The molecule has 0 aliphatic rings. The van der Waals surface area contributed by atoms with E-state index >= 15 is 0 Å². The summed E-state index contributed by atoms with van der Waals surface area (Å²) in [5.74, 6) is 0. The van der Waals surface area contributed by atoms with Gasteiger partial charge in [-0.3, -0.25) is 0 Å². The van der Waals surface area contributed by atoms with Gasteiger partial charge in [-0.15, -0.1) is 0 Å². The van der Waals surface area contributed by atoms with Crippen LogP contribution >= 0.6 is 0 Å². The fraction of sp³-hybridized carbons (Fsp3) is 0.625. The number of hydrogen-bond donors (Lipinski definition) is 0. The van der Waals surface area contributed by atoms with Gasteiger partial charge in [-0.05, 0) is 12.8 Å². The van der Waals surface area contributed by atoms with E-state index in [1.165, 1.54) is 19.3 Å². The summed E-state index contributed by atoms with van der Waals surface area (Å²) in [5.41, 5.74) is 0. The second kappa shape index (κ2) is 6.74. The summed E-state index contributed by atoms with van der Waals surface area (Å²) in [7, 11) is 0. The SMILES string of the molecule is C[CH]/C=C/CCCC. The van der Waals surface area contributed by atoms with Gasteiger partial charge in [-0.2, -0.15) is 0 Å². The summed E-state index contributed by atoms with van der Waals surface area (Å²) in [6.45, 7) is 4.26. The Bertz CT molecular complexity index is 53.1. The molecule has 0 bridgehead atoms. The highest BCUT2D eigenvalue weighted by Crippen LogP contribution is 1.94. The molecule has 0 aromatic rings. The fourth-order valence-electron chi connectivity index (χ4n) is 0.554. The molecule has 0 N–H and O–H groups in total. The maximum atomic E-state index is 2.21. The molecule has 0 aromatic carbocycles. The molecule has 0 spiro atoms. The zero-order valence-electron chi connectivity index (χ0n) is 5.85. The van der Waals surface area contributed by atoms with E-state index in [1.807, 2.05) is 6.92 Å². The largest absolute Gasteiger partial charge is 0.0882 e. The van der Waals surface area contributed by atoms with E-state index in [-0.39, 0.29) is 0 Å². The van der Waals surface area contributed by atoms with Crippen molar-refractivity contribution in [2.75, 3.05) is 0 Å². The van der Waals surface area contributed by atoms with Crippen LogP contribution in [0.1, 0.15) is 33.1 Å². The minimum atomic E-state index is 1.24. The Morgan fingerprint density at radius 2 is 2.12 bits per heavy atom. The van der Waals surface area contributed by atoms with Crippen LogP contribution in [0.2, 0.25) is 0 Å². The van der Waals surface area contributed by atoms with Crippen molar-refractivity contribution in [3.8, 4) is 0 Å². The molecule has 0 heterocycles. The van der Waals surface area contributed by atoms with Gasteiger partial charge in [0.25, 0.3) is 0 Å². The number of unbranched alkanes of at least 4 members (excludes halogenated alkanes) is 2. The maximum Gasteiger partial charge on any atom is -0.0202 e. The van der Waals surface area contributed by atoms with Crippen LogP contribution < -0.4 is 0 Å². The van der Waals surface area contributed by atoms with Crippen molar-refractivity contribution in [1.82, 2.24) is 0 Å². The van der Waals surface area contributed by atoms with Gasteiger partial charge in [0.05, 0.1) is 0 Å². The highest BCUT2D eigenvalue weighted by Gasteiger charge is 1.74. The van der Waals surface area contributed by atoms with Crippen molar-refractivity contribution in [3.05, 3.63) is 18.6 Å². The summed E-state index contributed by atoms with van der Waals surface area (Å²) in [6, 6.07) is 0. The highest BCUT2D eigenvalue weighted by molar-refractivity contribution is 4.91. The summed E-state index contributed by atoms with van der Waals surface area (Å²) in [5, 5.41) is 0. The molecular weight excluding hydrogens is 96.1 g/mol. The average Bonchev–Trinajstić information content (AvgIpc) is 1.81. The molecule has 0 aliphatic carbocycles. The lowest BCUT2D eigenvalue weighted by Crippen LogP contribution is -1.65. The summed E-state index contributed by atoms with van der Waals surface area (Å²) >= 11 is 0. The molecular formula is C8H15. The molecule has 0 heteroatoms. The van der Waals surface area contributed by atoms with Crippen LogP contribution in [0.4, 0.5) is 0 Å². The lowest BCUT2D eigenvalue weighted by Gasteiger charge is -1.85. The average molecular weight is 111 g/mol. The van der Waals surface area contributed by atoms with E-state index < -0.39 is 0 Å². The van der Waals surface area contributed by atoms with Crippen molar-refractivity contribution >= 4 is 0 Å². The molecule has 0 nitrogen and oxygen atoms in total. The molecule has 0 aliphatic heterocycles. The molecule has 0 saturated heterocycles. The van der Waals surface area contributed by atoms with Gasteiger partial charge >= 0.3 is 0 Å². The highest BCUT2D eigenvalue weighted by atomic mass is 13.8. The smallest absolute Gasteiger partial charge is 0.0202 e. The van der Waals surface area contributed by atoms with Crippen LogP contribution in [-0.4, -0.2) is 0 Å². The molecule has 1 radical (unpaired) electrons. The quantitative estimate of drug-likeness (QED) is 0.489. The third kappa shape index (κ3) is 5.74. The molecule has 0 unspecified atom stereocenters. The lowest BCUT2D eigenvalue weighted by molar-refractivity contribution is 0.814. The van der Waals surface area contributed by atoms with Crippen LogP contribution in [0.5, 0.6) is 0 Å². The Labute approximate surface area is 52.6 Å². The second-order valence-electron chi connectivity index (χ2n) is 1.90. The normalized spacial score (nSPS) is 10.8. The first-order chi connectivity index (χ1) is 3.91.